The molecule has 0 heterocycles. The Morgan fingerprint density at radius 3 is 3.22 bits per heavy atom. The van der Waals surface area contributed by atoms with Crippen molar-refractivity contribution in [2.45, 2.75) is 4.90 Å². The highest BCUT2D eigenvalue weighted by molar-refractivity contribution is 7.98. The fourth-order valence-electron chi connectivity index (χ4n) is 0.578. The molecule has 0 aromatic heterocycles. The SMILES string of the molecule is [2H]C([2H])([2H])Sc1cccc(N)c1. The summed E-state index contributed by atoms with van der Waals surface area (Å²) in [6, 6.07) is 6.84. The first kappa shape index (κ1) is 3.52. The zero-order chi connectivity index (χ0) is 9.19. The van der Waals surface area contributed by atoms with Crippen molar-refractivity contribution < 1.29 is 4.11 Å². The molecule has 1 rings (SSSR count). The van der Waals surface area contributed by atoms with Crippen LogP contribution in [0.15, 0.2) is 29.2 Å². The van der Waals surface area contributed by atoms with Gasteiger partial charge in [-0.1, -0.05) is 6.07 Å². The molecule has 2 heteroatoms. The van der Waals surface area contributed by atoms with Crippen LogP contribution in [0.5, 0.6) is 0 Å². The lowest BCUT2D eigenvalue weighted by Gasteiger charge is -1.94. The molecule has 0 aliphatic heterocycles. The van der Waals surface area contributed by atoms with E-state index < -0.39 is 6.18 Å². The van der Waals surface area contributed by atoms with E-state index in [1.54, 1.807) is 24.3 Å². The highest BCUT2D eigenvalue weighted by Gasteiger charge is 1.86. The van der Waals surface area contributed by atoms with E-state index in [4.69, 9.17) is 9.85 Å². The second-order valence-electron chi connectivity index (χ2n) is 1.67. The molecule has 9 heavy (non-hydrogen) atoms. The number of benzene rings is 1. The maximum absolute atomic E-state index is 7.00. The summed E-state index contributed by atoms with van der Waals surface area (Å²) in [6.45, 7) is 0. The Bertz CT molecular complexity index is 272. The highest BCUT2D eigenvalue weighted by Crippen LogP contribution is 2.16. The third-order valence-electron chi connectivity index (χ3n) is 0.976. The van der Waals surface area contributed by atoms with Gasteiger partial charge in [-0.25, -0.2) is 0 Å². The number of thioether (sulfide) groups is 1. The van der Waals surface area contributed by atoms with Crippen molar-refractivity contribution in [1.29, 1.82) is 0 Å². The number of hydrogen-bond acceptors (Lipinski definition) is 2. The zero-order valence-electron chi connectivity index (χ0n) is 7.79. The highest BCUT2D eigenvalue weighted by atomic mass is 32.2. The standard InChI is InChI=1S/C7H9NS/c1-9-7-4-2-3-6(8)5-7/h2-5H,8H2,1H3/i1D3. The van der Waals surface area contributed by atoms with Crippen LogP contribution >= 0.6 is 11.8 Å². The van der Waals surface area contributed by atoms with Gasteiger partial charge >= 0.3 is 0 Å². The fourth-order valence-corrected chi connectivity index (χ4v) is 0.920. The summed E-state index contributed by atoms with van der Waals surface area (Å²) in [7, 11) is 0. The van der Waals surface area contributed by atoms with E-state index in [0.717, 1.165) is 11.8 Å². The molecule has 0 aliphatic carbocycles. The lowest BCUT2D eigenvalue weighted by atomic mass is 10.3. The minimum Gasteiger partial charge on any atom is -0.399 e. The molecule has 0 saturated carbocycles. The average molecular weight is 142 g/mol. The van der Waals surface area contributed by atoms with Gasteiger partial charge in [-0.3, -0.25) is 0 Å². The molecule has 0 spiro atoms. The predicted molar refractivity (Wildman–Crippen MR) is 42.6 cm³/mol. The van der Waals surface area contributed by atoms with Crippen LogP contribution in [-0.2, 0) is 0 Å². The molecular formula is C7H9NS. The van der Waals surface area contributed by atoms with Crippen LogP contribution in [-0.4, -0.2) is 6.18 Å². The van der Waals surface area contributed by atoms with Crippen LogP contribution in [0.4, 0.5) is 5.69 Å². The van der Waals surface area contributed by atoms with Gasteiger partial charge in [0, 0.05) is 14.7 Å². The molecule has 0 fully saturated rings. The smallest absolute Gasteiger partial charge is 0.0348 e. The van der Waals surface area contributed by atoms with Crippen molar-refractivity contribution in [3.05, 3.63) is 24.3 Å². The minimum atomic E-state index is -1.99. The van der Waals surface area contributed by atoms with E-state index in [0.29, 0.717) is 10.6 Å². The average Bonchev–Trinajstić information content (AvgIpc) is 1.82. The summed E-state index contributed by atoms with van der Waals surface area (Å²) in [6.07, 6.45) is -1.99. The monoisotopic (exact) mass is 142 g/mol. The van der Waals surface area contributed by atoms with Gasteiger partial charge in [-0.15, -0.1) is 11.8 Å². The molecule has 0 amide bonds. The largest absolute Gasteiger partial charge is 0.399 e. The van der Waals surface area contributed by atoms with Crippen molar-refractivity contribution in [3.8, 4) is 0 Å². The fraction of sp³-hybridized carbons (Fsp3) is 0.143. The Morgan fingerprint density at radius 1 is 1.67 bits per heavy atom. The van der Waals surface area contributed by atoms with Gasteiger partial charge in [0.15, 0.2) is 0 Å². The lowest BCUT2D eigenvalue weighted by Crippen LogP contribution is -1.82. The number of nitrogens with two attached hydrogens (primary N) is 1. The second kappa shape index (κ2) is 2.78. The molecule has 0 atom stereocenters. The van der Waals surface area contributed by atoms with Crippen molar-refractivity contribution >= 4 is 17.4 Å². The zero-order valence-corrected chi connectivity index (χ0v) is 5.61. The first-order chi connectivity index (χ1) is 5.47. The van der Waals surface area contributed by atoms with Crippen LogP contribution in [0.25, 0.3) is 0 Å². The minimum absolute atomic E-state index is 0.587. The molecule has 0 radical (unpaired) electrons. The summed E-state index contributed by atoms with van der Waals surface area (Å²) < 4.78 is 21.0. The van der Waals surface area contributed by atoms with Crippen LogP contribution in [0.2, 0.25) is 0 Å². The first-order valence-electron chi connectivity index (χ1n) is 4.02. The van der Waals surface area contributed by atoms with Gasteiger partial charge in [0.1, 0.15) is 0 Å². The Kier molecular flexibility index (Phi) is 1.09. The Morgan fingerprint density at radius 2 is 2.56 bits per heavy atom. The van der Waals surface area contributed by atoms with Gasteiger partial charge in [-0.05, 0) is 24.4 Å². The van der Waals surface area contributed by atoms with E-state index in [9.17, 15) is 0 Å². The van der Waals surface area contributed by atoms with Crippen molar-refractivity contribution in [3.63, 3.8) is 0 Å². The predicted octanol–water partition coefficient (Wildman–Crippen LogP) is 1.99. The van der Waals surface area contributed by atoms with Crippen molar-refractivity contribution in [2.75, 3.05) is 11.9 Å². The summed E-state index contributed by atoms with van der Waals surface area (Å²) in [5, 5.41) is 0. The molecule has 1 aromatic carbocycles. The molecule has 0 saturated heterocycles. The molecule has 0 bridgehead atoms. The summed E-state index contributed by atoms with van der Waals surface area (Å²) >= 11 is 0.835. The summed E-state index contributed by atoms with van der Waals surface area (Å²) in [5.41, 5.74) is 6.07. The van der Waals surface area contributed by atoms with Crippen LogP contribution in [0.3, 0.4) is 0 Å². The molecule has 2 N–H and O–H groups in total. The normalized spacial score (nSPS) is 15.8. The second-order valence-corrected chi connectivity index (χ2v) is 2.35. The Labute approximate surface area is 63.5 Å². The van der Waals surface area contributed by atoms with E-state index in [2.05, 4.69) is 0 Å². The number of anilines is 1. The lowest BCUT2D eigenvalue weighted by molar-refractivity contribution is 1.47. The molecular weight excluding hydrogens is 130 g/mol. The molecule has 0 aliphatic rings. The molecule has 0 unspecified atom stereocenters. The summed E-state index contributed by atoms with van der Waals surface area (Å²) in [4.78, 5) is 0.676. The van der Waals surface area contributed by atoms with Gasteiger partial charge in [-0.2, -0.15) is 0 Å². The third kappa shape index (κ3) is 1.64. The third-order valence-corrected chi connectivity index (χ3v) is 1.47. The molecule has 1 aromatic rings. The van der Waals surface area contributed by atoms with Crippen LogP contribution < -0.4 is 5.73 Å². The maximum Gasteiger partial charge on any atom is 0.0348 e. The maximum atomic E-state index is 7.00. The van der Waals surface area contributed by atoms with Crippen molar-refractivity contribution in [1.82, 2.24) is 0 Å². The van der Waals surface area contributed by atoms with Crippen molar-refractivity contribution in [2.24, 2.45) is 0 Å². The summed E-state index contributed by atoms with van der Waals surface area (Å²) in [5.74, 6) is 0. The topological polar surface area (TPSA) is 26.0 Å². The van der Waals surface area contributed by atoms with Gasteiger partial charge in [0.2, 0.25) is 0 Å². The quantitative estimate of drug-likeness (QED) is 0.479. The molecule has 48 valence electrons. The Hall–Kier alpha value is -0.630. The number of nitrogen functional groups attached to an aromatic ring is 1. The van der Waals surface area contributed by atoms with Crippen LogP contribution in [0, 0.1) is 0 Å². The molecule has 1 nitrogen and oxygen atoms in total. The van der Waals surface area contributed by atoms with Gasteiger partial charge in [0.25, 0.3) is 0 Å². The van der Waals surface area contributed by atoms with E-state index in [1.807, 2.05) is 0 Å². The van der Waals surface area contributed by atoms with Crippen LogP contribution in [0.1, 0.15) is 4.11 Å². The first-order valence-corrected chi connectivity index (χ1v) is 3.33. The Balaban J connectivity index is 2.77. The van der Waals surface area contributed by atoms with Gasteiger partial charge < -0.3 is 5.73 Å². The number of hydrogen-bond donors (Lipinski definition) is 1. The number of rotatable bonds is 1. The van der Waals surface area contributed by atoms with E-state index in [1.165, 1.54) is 0 Å². The van der Waals surface area contributed by atoms with Gasteiger partial charge in [0.05, 0.1) is 0 Å². The van der Waals surface area contributed by atoms with E-state index in [-0.39, 0.29) is 0 Å². The van der Waals surface area contributed by atoms with E-state index >= 15 is 0 Å².